The van der Waals surface area contributed by atoms with Gasteiger partial charge in [0.05, 0.1) is 12.7 Å². The minimum Gasteiger partial charge on any atom is -0.496 e. The fourth-order valence-electron chi connectivity index (χ4n) is 2.29. The fourth-order valence-corrected chi connectivity index (χ4v) is 2.29. The first-order valence-electron chi connectivity index (χ1n) is 6.51. The molecule has 0 radical (unpaired) electrons. The lowest BCUT2D eigenvalue weighted by molar-refractivity contribution is 0.416. The van der Waals surface area contributed by atoms with Gasteiger partial charge in [-0.3, -0.25) is 4.98 Å². The molecule has 0 aliphatic carbocycles. The van der Waals surface area contributed by atoms with E-state index in [4.69, 9.17) is 15.0 Å². The summed E-state index contributed by atoms with van der Waals surface area (Å²) < 4.78 is 10.6. The number of aromatic nitrogens is 2. The quantitative estimate of drug-likeness (QED) is 0.797. The molecule has 106 valence electrons. The number of ether oxygens (including phenoxy) is 1. The van der Waals surface area contributed by atoms with Crippen LogP contribution in [0.15, 0.2) is 47.2 Å². The van der Waals surface area contributed by atoms with E-state index in [1.165, 1.54) is 0 Å². The number of anilines is 1. The van der Waals surface area contributed by atoms with Crippen molar-refractivity contribution in [1.82, 2.24) is 10.1 Å². The van der Waals surface area contributed by atoms with Crippen LogP contribution in [0.2, 0.25) is 0 Å². The molecule has 1 aromatic carbocycles. The van der Waals surface area contributed by atoms with E-state index >= 15 is 0 Å². The Morgan fingerprint density at radius 1 is 1.14 bits per heavy atom. The van der Waals surface area contributed by atoms with E-state index in [0.717, 1.165) is 28.0 Å². The summed E-state index contributed by atoms with van der Waals surface area (Å²) in [6.45, 7) is 2.01. The van der Waals surface area contributed by atoms with Gasteiger partial charge in [-0.15, -0.1) is 0 Å². The number of nitrogen functional groups attached to an aromatic ring is 1. The van der Waals surface area contributed by atoms with Crippen LogP contribution >= 0.6 is 0 Å². The number of hydrogen-bond donors (Lipinski definition) is 1. The zero-order chi connectivity index (χ0) is 14.8. The summed E-state index contributed by atoms with van der Waals surface area (Å²) in [5.74, 6) is 0.997. The third kappa shape index (κ3) is 2.33. The first-order valence-corrected chi connectivity index (χ1v) is 6.51. The summed E-state index contributed by atoms with van der Waals surface area (Å²) in [6.07, 6.45) is 3.41. The average Bonchev–Trinajstić information content (AvgIpc) is 2.89. The lowest BCUT2D eigenvalue weighted by Crippen LogP contribution is -1.93. The zero-order valence-corrected chi connectivity index (χ0v) is 11.8. The maximum atomic E-state index is 5.98. The van der Waals surface area contributed by atoms with Crippen LogP contribution in [0.3, 0.4) is 0 Å². The molecule has 0 bridgehead atoms. The molecule has 0 atom stereocenters. The molecule has 0 saturated carbocycles. The average molecular weight is 281 g/mol. The van der Waals surface area contributed by atoms with E-state index in [0.29, 0.717) is 5.69 Å². The summed E-state index contributed by atoms with van der Waals surface area (Å²) in [7, 11) is 1.63. The van der Waals surface area contributed by atoms with Crippen molar-refractivity contribution < 1.29 is 9.26 Å². The van der Waals surface area contributed by atoms with E-state index in [1.54, 1.807) is 19.5 Å². The van der Waals surface area contributed by atoms with Gasteiger partial charge in [-0.1, -0.05) is 16.8 Å². The highest BCUT2D eigenvalue weighted by atomic mass is 16.5. The van der Waals surface area contributed by atoms with Gasteiger partial charge in [0, 0.05) is 23.5 Å². The third-order valence-electron chi connectivity index (χ3n) is 3.30. The van der Waals surface area contributed by atoms with Crippen molar-refractivity contribution >= 4 is 5.88 Å². The first-order chi connectivity index (χ1) is 10.2. The van der Waals surface area contributed by atoms with E-state index in [2.05, 4.69) is 10.1 Å². The fraction of sp³-hybridized carbons (Fsp3) is 0.125. The van der Waals surface area contributed by atoms with Gasteiger partial charge in [0.1, 0.15) is 11.4 Å². The number of benzene rings is 1. The molecule has 3 rings (SSSR count). The number of nitrogens with two attached hydrogens (primary N) is 1. The van der Waals surface area contributed by atoms with Crippen LogP contribution in [0.5, 0.6) is 5.75 Å². The van der Waals surface area contributed by atoms with Gasteiger partial charge in [0.2, 0.25) is 5.88 Å². The highest BCUT2D eigenvalue weighted by molar-refractivity contribution is 5.89. The Bertz CT molecular complexity index is 766. The summed E-state index contributed by atoms with van der Waals surface area (Å²) in [6, 6.07) is 9.63. The molecule has 3 aromatic rings. The second-order valence-corrected chi connectivity index (χ2v) is 4.71. The number of rotatable bonds is 3. The number of methoxy groups -OCH3 is 1. The minimum absolute atomic E-state index is 0.269. The predicted molar refractivity (Wildman–Crippen MR) is 80.9 cm³/mol. The number of hydrogen-bond acceptors (Lipinski definition) is 5. The predicted octanol–water partition coefficient (Wildman–Crippen LogP) is 3.30. The first kappa shape index (κ1) is 13.2. The molecule has 2 N–H and O–H groups in total. The molecule has 5 nitrogen and oxygen atoms in total. The topological polar surface area (TPSA) is 74.2 Å². The molecule has 0 amide bonds. The van der Waals surface area contributed by atoms with Gasteiger partial charge in [-0.2, -0.15) is 0 Å². The van der Waals surface area contributed by atoms with Crippen LogP contribution in [0, 0.1) is 6.92 Å². The maximum absolute atomic E-state index is 5.98. The molecule has 2 aromatic heterocycles. The molecule has 21 heavy (non-hydrogen) atoms. The zero-order valence-electron chi connectivity index (χ0n) is 11.8. The molecule has 0 saturated heterocycles. The van der Waals surface area contributed by atoms with Crippen LogP contribution in [0.1, 0.15) is 5.56 Å². The summed E-state index contributed by atoms with van der Waals surface area (Å²) in [5.41, 5.74) is 10.3. The highest BCUT2D eigenvalue weighted by Crippen LogP contribution is 2.40. The van der Waals surface area contributed by atoms with Crippen LogP contribution in [-0.4, -0.2) is 17.3 Å². The Balaban J connectivity index is 2.24. The van der Waals surface area contributed by atoms with Crippen molar-refractivity contribution in [2.24, 2.45) is 0 Å². The van der Waals surface area contributed by atoms with Crippen LogP contribution in [0.25, 0.3) is 22.4 Å². The van der Waals surface area contributed by atoms with Gasteiger partial charge in [0.15, 0.2) is 0 Å². The molecular formula is C16H15N3O2. The number of nitrogens with zero attached hydrogens (tertiary/aromatic N) is 2. The van der Waals surface area contributed by atoms with Crippen molar-refractivity contribution in [3.63, 3.8) is 0 Å². The van der Waals surface area contributed by atoms with E-state index in [-0.39, 0.29) is 5.88 Å². The molecular weight excluding hydrogens is 266 g/mol. The third-order valence-corrected chi connectivity index (χ3v) is 3.30. The molecule has 0 fully saturated rings. The molecule has 0 aliphatic heterocycles. The van der Waals surface area contributed by atoms with Crippen molar-refractivity contribution in [2.45, 2.75) is 6.92 Å². The van der Waals surface area contributed by atoms with Crippen LogP contribution in [-0.2, 0) is 0 Å². The van der Waals surface area contributed by atoms with Gasteiger partial charge in [0.25, 0.3) is 0 Å². The molecule has 5 heteroatoms. The van der Waals surface area contributed by atoms with Crippen molar-refractivity contribution in [3.8, 4) is 28.1 Å². The smallest absolute Gasteiger partial charge is 0.230 e. The molecule has 0 aliphatic rings. The van der Waals surface area contributed by atoms with Gasteiger partial charge in [-0.05, 0) is 31.2 Å². The Kier molecular flexibility index (Phi) is 3.31. The minimum atomic E-state index is 0.269. The second-order valence-electron chi connectivity index (χ2n) is 4.71. The normalized spacial score (nSPS) is 10.6. The standard InChI is InChI=1S/C16H15N3O2/c1-10-3-4-13(20-2)12(9-10)14-15(19-21-16(14)17)11-5-7-18-8-6-11/h3-9H,17H2,1-2H3. The maximum Gasteiger partial charge on any atom is 0.230 e. The van der Waals surface area contributed by atoms with Crippen LogP contribution < -0.4 is 10.5 Å². The largest absolute Gasteiger partial charge is 0.496 e. The van der Waals surface area contributed by atoms with Crippen molar-refractivity contribution in [3.05, 3.63) is 48.3 Å². The monoisotopic (exact) mass is 281 g/mol. The van der Waals surface area contributed by atoms with E-state index in [9.17, 15) is 0 Å². The SMILES string of the molecule is COc1ccc(C)cc1-c1c(-c2ccncc2)noc1N. The Morgan fingerprint density at radius 2 is 1.90 bits per heavy atom. The van der Waals surface area contributed by atoms with Gasteiger partial charge in [-0.25, -0.2) is 0 Å². The lowest BCUT2D eigenvalue weighted by Gasteiger charge is -2.09. The Labute approximate surface area is 122 Å². The van der Waals surface area contributed by atoms with E-state index < -0.39 is 0 Å². The van der Waals surface area contributed by atoms with Gasteiger partial charge < -0.3 is 15.0 Å². The summed E-state index contributed by atoms with van der Waals surface area (Å²) in [5, 5.41) is 4.08. The molecule has 0 unspecified atom stereocenters. The van der Waals surface area contributed by atoms with Crippen LogP contribution in [0.4, 0.5) is 5.88 Å². The highest BCUT2D eigenvalue weighted by Gasteiger charge is 2.20. The lowest BCUT2D eigenvalue weighted by atomic mass is 9.99. The number of pyridine rings is 1. The van der Waals surface area contributed by atoms with Gasteiger partial charge >= 0.3 is 0 Å². The summed E-state index contributed by atoms with van der Waals surface area (Å²) >= 11 is 0. The van der Waals surface area contributed by atoms with Crippen molar-refractivity contribution in [1.29, 1.82) is 0 Å². The second kappa shape index (κ2) is 5.28. The van der Waals surface area contributed by atoms with E-state index in [1.807, 2.05) is 37.3 Å². The molecule has 2 heterocycles. The number of aryl methyl sites for hydroxylation is 1. The Morgan fingerprint density at radius 3 is 2.62 bits per heavy atom. The Hall–Kier alpha value is -2.82. The molecule has 0 spiro atoms. The van der Waals surface area contributed by atoms with Crippen molar-refractivity contribution in [2.75, 3.05) is 12.8 Å². The summed E-state index contributed by atoms with van der Waals surface area (Å²) in [4.78, 5) is 4.01.